The van der Waals surface area contributed by atoms with Crippen LogP contribution in [0.5, 0.6) is 0 Å². The lowest BCUT2D eigenvalue weighted by atomic mass is 10.1. The summed E-state index contributed by atoms with van der Waals surface area (Å²) in [4.78, 5) is 0. The largest absolute Gasteiger partial charge is 0.330 e. The van der Waals surface area contributed by atoms with Gasteiger partial charge in [-0.25, -0.2) is 0 Å². The van der Waals surface area contributed by atoms with Crippen LogP contribution in [0.25, 0.3) is 0 Å². The second-order valence-corrected chi connectivity index (χ2v) is 2.54. The molecule has 58 valence electrons. The summed E-state index contributed by atoms with van der Waals surface area (Å²) < 4.78 is 0. The molecule has 0 radical (unpaired) electrons. The zero-order valence-electron chi connectivity index (χ0n) is 5.77. The number of rotatable bonds is 4. The molecule has 2 N–H and O–H groups in total. The van der Waals surface area contributed by atoms with E-state index in [0.29, 0.717) is 5.92 Å². The van der Waals surface area contributed by atoms with Crippen molar-refractivity contribution in [3.8, 4) is 0 Å². The van der Waals surface area contributed by atoms with Crippen molar-refractivity contribution in [1.29, 1.82) is 0 Å². The first kappa shape index (κ1) is 12.2. The van der Waals surface area contributed by atoms with E-state index < -0.39 is 0 Å². The maximum Gasteiger partial charge on any atom is 0.0225 e. The summed E-state index contributed by atoms with van der Waals surface area (Å²) in [5.74, 6) is 1.47. The van der Waals surface area contributed by atoms with Gasteiger partial charge in [0.05, 0.1) is 0 Å². The van der Waals surface area contributed by atoms with Crippen molar-refractivity contribution in [1.82, 2.24) is 0 Å². The van der Waals surface area contributed by atoms with Crippen LogP contribution in [0, 0.1) is 5.92 Å². The molecule has 1 nitrogen and oxygen atoms in total. The second-order valence-electron chi connectivity index (χ2n) is 2.16. The van der Waals surface area contributed by atoms with Crippen molar-refractivity contribution < 1.29 is 0 Å². The van der Waals surface area contributed by atoms with Crippen LogP contribution in [0.3, 0.4) is 0 Å². The quantitative estimate of drug-likeness (QED) is 0.645. The fourth-order valence-electron chi connectivity index (χ4n) is 0.615. The Morgan fingerprint density at radius 1 is 1.44 bits per heavy atom. The number of hydrogen-bond donors (Lipinski definition) is 1. The fourth-order valence-corrected chi connectivity index (χ4v) is 0.988. The Morgan fingerprint density at radius 2 is 2.00 bits per heavy atom. The van der Waals surface area contributed by atoms with Gasteiger partial charge in [-0.2, -0.15) is 0 Å². The zero-order chi connectivity index (χ0) is 6.41. The van der Waals surface area contributed by atoms with E-state index in [1.54, 1.807) is 0 Å². The third-order valence-corrected chi connectivity index (χ3v) is 1.48. The van der Waals surface area contributed by atoms with Gasteiger partial charge in [0, 0.05) is 5.88 Å². The minimum Gasteiger partial charge on any atom is -0.330 e. The van der Waals surface area contributed by atoms with E-state index in [1.807, 2.05) is 0 Å². The van der Waals surface area contributed by atoms with Crippen LogP contribution < -0.4 is 5.73 Å². The van der Waals surface area contributed by atoms with Crippen LogP contribution in [0.2, 0.25) is 0 Å². The van der Waals surface area contributed by atoms with E-state index in [4.69, 9.17) is 17.3 Å². The average Bonchev–Trinajstić information content (AvgIpc) is 1.68. The van der Waals surface area contributed by atoms with Crippen LogP contribution in [0.15, 0.2) is 0 Å². The highest BCUT2D eigenvalue weighted by Crippen LogP contribution is 2.05. The molecule has 0 aliphatic heterocycles. The van der Waals surface area contributed by atoms with Gasteiger partial charge in [0.1, 0.15) is 0 Å². The molecule has 0 amide bonds. The third kappa shape index (κ3) is 8.54. The maximum absolute atomic E-state index is 5.49. The van der Waals surface area contributed by atoms with E-state index in [0.717, 1.165) is 25.3 Å². The van der Waals surface area contributed by atoms with Gasteiger partial charge in [-0.15, -0.1) is 24.0 Å². The zero-order valence-corrected chi connectivity index (χ0v) is 7.34. The third-order valence-electron chi connectivity index (χ3n) is 1.26. The highest BCUT2D eigenvalue weighted by molar-refractivity contribution is 6.17. The topological polar surface area (TPSA) is 26.0 Å². The molecule has 3 heteroatoms. The summed E-state index contributed by atoms with van der Waals surface area (Å²) in [5.41, 5.74) is 5.32. The lowest BCUT2D eigenvalue weighted by Gasteiger charge is -2.04. The Labute approximate surface area is 68.4 Å². The molecule has 0 aliphatic rings. The minimum absolute atomic E-state index is 0. The molecule has 0 aromatic carbocycles. The first-order chi connectivity index (χ1) is 3.81. The molecule has 0 bridgehead atoms. The van der Waals surface area contributed by atoms with Crippen LogP contribution in [-0.2, 0) is 0 Å². The summed E-state index contributed by atoms with van der Waals surface area (Å²) in [7, 11) is 0. The Bertz CT molecular complexity index is 44.3. The van der Waals surface area contributed by atoms with Crippen molar-refractivity contribution in [2.75, 3.05) is 12.4 Å². The molecule has 0 spiro atoms. The van der Waals surface area contributed by atoms with Gasteiger partial charge < -0.3 is 5.73 Å². The normalized spacial score (nSPS) is 12.3. The molecular formula is C6H15Cl2N. The van der Waals surface area contributed by atoms with Gasteiger partial charge in [0.15, 0.2) is 0 Å². The maximum atomic E-state index is 5.49. The van der Waals surface area contributed by atoms with Gasteiger partial charge >= 0.3 is 0 Å². The van der Waals surface area contributed by atoms with Crippen molar-refractivity contribution in [3.63, 3.8) is 0 Å². The van der Waals surface area contributed by atoms with E-state index in [2.05, 4.69) is 6.92 Å². The highest BCUT2D eigenvalue weighted by Gasteiger charge is 1.96. The lowest BCUT2D eigenvalue weighted by molar-refractivity contribution is 0.527. The minimum atomic E-state index is 0. The Balaban J connectivity index is 0. The van der Waals surface area contributed by atoms with Gasteiger partial charge in [0.2, 0.25) is 0 Å². The smallest absolute Gasteiger partial charge is 0.0225 e. The Kier molecular flexibility index (Phi) is 11.6. The standard InChI is InChI=1S/C6H14ClN.ClH/c1-6(2-4-7)3-5-8;/h6H,2-5,8H2,1H3;1H. The highest BCUT2D eigenvalue weighted by atomic mass is 35.5. The first-order valence-electron chi connectivity index (χ1n) is 3.07. The average molecular weight is 172 g/mol. The fraction of sp³-hybridized carbons (Fsp3) is 1.00. The summed E-state index contributed by atoms with van der Waals surface area (Å²) >= 11 is 5.49. The Morgan fingerprint density at radius 3 is 2.33 bits per heavy atom. The van der Waals surface area contributed by atoms with Crippen molar-refractivity contribution in [2.45, 2.75) is 19.8 Å². The Hall–Kier alpha value is 0.540. The second kappa shape index (κ2) is 8.54. The molecule has 9 heavy (non-hydrogen) atoms. The van der Waals surface area contributed by atoms with Crippen LogP contribution in [0.1, 0.15) is 19.8 Å². The molecule has 0 heterocycles. The van der Waals surface area contributed by atoms with Gasteiger partial charge in [-0.1, -0.05) is 6.92 Å². The van der Waals surface area contributed by atoms with Gasteiger partial charge in [-0.3, -0.25) is 0 Å². The lowest BCUT2D eigenvalue weighted by Crippen LogP contribution is -2.05. The first-order valence-corrected chi connectivity index (χ1v) is 3.60. The van der Waals surface area contributed by atoms with Crippen LogP contribution >= 0.6 is 24.0 Å². The SMILES string of the molecule is CC(CCN)CCCl.Cl. The van der Waals surface area contributed by atoms with E-state index in [9.17, 15) is 0 Å². The molecule has 0 saturated heterocycles. The van der Waals surface area contributed by atoms with E-state index in [-0.39, 0.29) is 12.4 Å². The van der Waals surface area contributed by atoms with E-state index in [1.165, 1.54) is 0 Å². The van der Waals surface area contributed by atoms with Crippen molar-refractivity contribution >= 4 is 24.0 Å². The van der Waals surface area contributed by atoms with Gasteiger partial charge in [-0.05, 0) is 25.3 Å². The predicted octanol–water partition coefficient (Wildman–Crippen LogP) is 2.02. The summed E-state index contributed by atoms with van der Waals surface area (Å²) in [5, 5.41) is 0. The molecule has 0 aliphatic carbocycles. The van der Waals surface area contributed by atoms with Crippen LogP contribution in [-0.4, -0.2) is 12.4 Å². The molecule has 0 fully saturated rings. The molecule has 0 aromatic rings. The molecule has 1 atom stereocenters. The predicted molar refractivity (Wildman–Crippen MR) is 45.4 cm³/mol. The van der Waals surface area contributed by atoms with Gasteiger partial charge in [0.25, 0.3) is 0 Å². The molecule has 0 aromatic heterocycles. The summed E-state index contributed by atoms with van der Waals surface area (Å²) in [6.07, 6.45) is 2.20. The number of nitrogens with two attached hydrogens (primary N) is 1. The summed E-state index contributed by atoms with van der Waals surface area (Å²) in [6.45, 7) is 2.97. The number of halogens is 2. The van der Waals surface area contributed by atoms with Crippen LogP contribution in [0.4, 0.5) is 0 Å². The van der Waals surface area contributed by atoms with E-state index >= 15 is 0 Å². The molecule has 0 rings (SSSR count). The molecule has 0 saturated carbocycles. The number of hydrogen-bond acceptors (Lipinski definition) is 1. The summed E-state index contributed by atoms with van der Waals surface area (Å²) in [6, 6.07) is 0. The molecule has 1 unspecified atom stereocenters. The van der Waals surface area contributed by atoms with Crippen molar-refractivity contribution in [2.24, 2.45) is 11.7 Å². The molecular weight excluding hydrogens is 157 g/mol. The van der Waals surface area contributed by atoms with Crippen molar-refractivity contribution in [3.05, 3.63) is 0 Å². The monoisotopic (exact) mass is 171 g/mol. The number of alkyl halides is 1.